The monoisotopic (exact) mass is 345 g/mol. The number of carbonyl (C=O) groups excluding carboxylic acids is 2. The van der Waals surface area contributed by atoms with Gasteiger partial charge in [0.25, 0.3) is 5.91 Å². The second-order valence-electron chi connectivity index (χ2n) is 5.79. The van der Waals surface area contributed by atoms with E-state index < -0.39 is 0 Å². The van der Waals surface area contributed by atoms with Gasteiger partial charge in [-0.1, -0.05) is 5.16 Å². The third-order valence-corrected chi connectivity index (χ3v) is 4.05. The minimum absolute atomic E-state index is 0.174. The Morgan fingerprint density at radius 2 is 2.00 bits per heavy atom. The van der Waals surface area contributed by atoms with Crippen LogP contribution < -0.4 is 14.8 Å². The van der Waals surface area contributed by atoms with E-state index >= 15 is 0 Å². The van der Waals surface area contributed by atoms with Crippen LogP contribution in [-0.4, -0.2) is 49.2 Å². The Bertz CT molecular complexity index is 795. The van der Waals surface area contributed by atoms with Crippen molar-refractivity contribution in [3.8, 4) is 11.5 Å². The number of likely N-dealkylation sites (tertiary alicyclic amines) is 1. The number of nitrogens with one attached hydrogen (secondary N) is 1. The summed E-state index contributed by atoms with van der Waals surface area (Å²) >= 11 is 0. The molecule has 0 bridgehead atoms. The molecule has 0 saturated carbocycles. The first-order valence-corrected chi connectivity index (χ1v) is 7.77. The highest BCUT2D eigenvalue weighted by Gasteiger charge is 2.37. The molecule has 1 N–H and O–H groups in total. The van der Waals surface area contributed by atoms with E-state index in [-0.39, 0.29) is 23.4 Å². The van der Waals surface area contributed by atoms with E-state index in [1.807, 2.05) is 0 Å². The Labute approximate surface area is 144 Å². The molecule has 8 nitrogen and oxygen atoms in total. The minimum Gasteiger partial charge on any atom is -0.497 e. The highest BCUT2D eigenvalue weighted by molar-refractivity contribution is 5.98. The van der Waals surface area contributed by atoms with E-state index in [1.54, 1.807) is 43.2 Å². The topological polar surface area (TPSA) is 93.9 Å². The largest absolute Gasteiger partial charge is 0.497 e. The van der Waals surface area contributed by atoms with Gasteiger partial charge >= 0.3 is 0 Å². The van der Waals surface area contributed by atoms with E-state index in [4.69, 9.17) is 14.0 Å². The van der Waals surface area contributed by atoms with Crippen molar-refractivity contribution in [2.45, 2.75) is 6.92 Å². The van der Waals surface area contributed by atoms with Crippen molar-refractivity contribution in [1.29, 1.82) is 0 Å². The smallest absolute Gasteiger partial charge is 0.276 e. The summed E-state index contributed by atoms with van der Waals surface area (Å²) in [7, 11) is 3.08. The molecule has 1 aliphatic heterocycles. The van der Waals surface area contributed by atoms with Gasteiger partial charge < -0.3 is 24.2 Å². The summed E-state index contributed by atoms with van der Waals surface area (Å²) in [6, 6.07) is 6.74. The van der Waals surface area contributed by atoms with Gasteiger partial charge in [-0.25, -0.2) is 0 Å². The van der Waals surface area contributed by atoms with Gasteiger partial charge in [0.05, 0.1) is 25.8 Å². The molecule has 3 rings (SSSR count). The van der Waals surface area contributed by atoms with Crippen molar-refractivity contribution in [2.75, 3.05) is 32.6 Å². The standard InChI is InChI=1S/C17H19N3O5/c1-10-6-14(19-25-10)17(22)20-8-11(9-20)16(21)18-13-7-12(23-2)4-5-15(13)24-3/h4-7,11H,8-9H2,1-3H3,(H,18,21). The zero-order valence-corrected chi connectivity index (χ0v) is 14.2. The summed E-state index contributed by atoms with van der Waals surface area (Å²) < 4.78 is 15.3. The number of anilines is 1. The van der Waals surface area contributed by atoms with Crippen molar-refractivity contribution in [3.05, 3.63) is 35.7 Å². The van der Waals surface area contributed by atoms with Crippen LogP contribution in [0, 0.1) is 12.8 Å². The number of benzene rings is 1. The number of ether oxygens (including phenoxy) is 2. The van der Waals surface area contributed by atoms with Gasteiger partial charge in [-0.2, -0.15) is 0 Å². The summed E-state index contributed by atoms with van der Waals surface area (Å²) in [5, 5.41) is 6.53. The number of nitrogens with zero attached hydrogens (tertiary/aromatic N) is 2. The molecule has 0 atom stereocenters. The van der Waals surface area contributed by atoms with Crippen LogP contribution in [0.25, 0.3) is 0 Å². The van der Waals surface area contributed by atoms with E-state index in [0.717, 1.165) is 0 Å². The van der Waals surface area contributed by atoms with Gasteiger partial charge in [-0.3, -0.25) is 9.59 Å². The highest BCUT2D eigenvalue weighted by Crippen LogP contribution is 2.30. The number of aryl methyl sites for hydroxylation is 1. The fourth-order valence-electron chi connectivity index (χ4n) is 2.59. The van der Waals surface area contributed by atoms with Crippen molar-refractivity contribution in [1.82, 2.24) is 10.1 Å². The van der Waals surface area contributed by atoms with Gasteiger partial charge in [-0.15, -0.1) is 0 Å². The molecule has 2 aromatic rings. The van der Waals surface area contributed by atoms with Gasteiger partial charge in [0.1, 0.15) is 17.3 Å². The third-order valence-electron chi connectivity index (χ3n) is 4.05. The summed E-state index contributed by atoms with van der Waals surface area (Å²) in [5.74, 6) is 1.03. The van der Waals surface area contributed by atoms with Crippen LogP contribution in [-0.2, 0) is 4.79 Å². The molecule has 1 aromatic carbocycles. The number of aromatic nitrogens is 1. The second kappa shape index (κ2) is 6.84. The molecule has 2 amide bonds. The maximum Gasteiger partial charge on any atom is 0.276 e. The number of rotatable bonds is 5. The fourth-order valence-corrected chi connectivity index (χ4v) is 2.59. The maximum absolute atomic E-state index is 12.4. The highest BCUT2D eigenvalue weighted by atomic mass is 16.5. The predicted octanol–water partition coefficient (Wildman–Crippen LogP) is 1.71. The summed E-state index contributed by atoms with van der Waals surface area (Å²) in [6.07, 6.45) is 0. The average Bonchev–Trinajstić information content (AvgIpc) is 2.99. The number of hydrogen-bond acceptors (Lipinski definition) is 6. The van der Waals surface area contributed by atoms with Gasteiger partial charge in [0, 0.05) is 25.2 Å². The molecule has 2 heterocycles. The first-order chi connectivity index (χ1) is 12.0. The second-order valence-corrected chi connectivity index (χ2v) is 5.79. The molecule has 1 aromatic heterocycles. The molecule has 8 heteroatoms. The molecule has 1 fully saturated rings. The number of amides is 2. The minimum atomic E-state index is -0.284. The van der Waals surface area contributed by atoms with E-state index in [9.17, 15) is 9.59 Å². The van der Waals surface area contributed by atoms with Crippen LogP contribution in [0.3, 0.4) is 0 Å². The molecule has 1 saturated heterocycles. The predicted molar refractivity (Wildman–Crippen MR) is 88.8 cm³/mol. The summed E-state index contributed by atoms with van der Waals surface area (Å²) in [4.78, 5) is 26.1. The lowest BCUT2D eigenvalue weighted by atomic mass is 9.98. The van der Waals surface area contributed by atoms with E-state index in [0.29, 0.717) is 36.0 Å². The number of hydrogen-bond donors (Lipinski definition) is 1. The molecular weight excluding hydrogens is 326 g/mol. The van der Waals surface area contributed by atoms with Gasteiger partial charge in [0.15, 0.2) is 5.69 Å². The Morgan fingerprint density at radius 1 is 1.24 bits per heavy atom. The zero-order valence-electron chi connectivity index (χ0n) is 14.2. The van der Waals surface area contributed by atoms with Gasteiger partial charge in [-0.05, 0) is 19.1 Å². The third kappa shape index (κ3) is 3.42. The molecule has 0 radical (unpaired) electrons. The lowest BCUT2D eigenvalue weighted by Gasteiger charge is -2.37. The number of methoxy groups -OCH3 is 2. The Morgan fingerprint density at radius 3 is 2.60 bits per heavy atom. The van der Waals surface area contributed by atoms with Crippen molar-refractivity contribution >= 4 is 17.5 Å². The van der Waals surface area contributed by atoms with Crippen LogP contribution in [0.4, 0.5) is 5.69 Å². The van der Waals surface area contributed by atoms with Gasteiger partial charge in [0.2, 0.25) is 5.91 Å². The lowest BCUT2D eigenvalue weighted by molar-refractivity contribution is -0.123. The summed E-state index contributed by atoms with van der Waals surface area (Å²) in [5.41, 5.74) is 0.787. The SMILES string of the molecule is COc1ccc(OC)c(NC(=O)C2CN(C(=O)c3cc(C)on3)C2)c1. The molecule has 0 aliphatic carbocycles. The molecular formula is C17H19N3O5. The van der Waals surface area contributed by atoms with Crippen LogP contribution in [0.2, 0.25) is 0 Å². The summed E-state index contributed by atoms with van der Waals surface area (Å²) in [6.45, 7) is 2.39. The molecule has 1 aliphatic rings. The quantitative estimate of drug-likeness (QED) is 0.887. The van der Waals surface area contributed by atoms with Crippen molar-refractivity contribution < 1.29 is 23.6 Å². The van der Waals surface area contributed by atoms with Crippen LogP contribution in [0.15, 0.2) is 28.8 Å². The van der Waals surface area contributed by atoms with Crippen LogP contribution >= 0.6 is 0 Å². The van der Waals surface area contributed by atoms with Crippen molar-refractivity contribution in [2.24, 2.45) is 5.92 Å². The Hall–Kier alpha value is -3.03. The molecule has 132 valence electrons. The first-order valence-electron chi connectivity index (χ1n) is 7.77. The van der Waals surface area contributed by atoms with E-state index in [2.05, 4.69) is 10.5 Å². The van der Waals surface area contributed by atoms with Crippen molar-refractivity contribution in [3.63, 3.8) is 0 Å². The Balaban J connectivity index is 1.60. The normalized spacial score (nSPS) is 14.0. The van der Waals surface area contributed by atoms with Crippen LogP contribution in [0.1, 0.15) is 16.2 Å². The maximum atomic E-state index is 12.4. The molecule has 25 heavy (non-hydrogen) atoms. The molecule has 0 spiro atoms. The molecule has 0 unspecified atom stereocenters. The number of carbonyl (C=O) groups is 2. The lowest BCUT2D eigenvalue weighted by Crippen LogP contribution is -2.54. The van der Waals surface area contributed by atoms with E-state index in [1.165, 1.54) is 7.11 Å². The fraction of sp³-hybridized carbons (Fsp3) is 0.353. The average molecular weight is 345 g/mol. The van der Waals surface area contributed by atoms with Crippen LogP contribution in [0.5, 0.6) is 11.5 Å². The zero-order chi connectivity index (χ0) is 18.0. The first kappa shape index (κ1) is 16.8. The Kier molecular flexibility index (Phi) is 4.60.